The summed E-state index contributed by atoms with van der Waals surface area (Å²) in [5.74, 6) is -0.396. The number of nitrogens with zero attached hydrogens (tertiary/aromatic N) is 5. The number of aromatic nitrogens is 4. The number of imidazole rings is 1. The summed E-state index contributed by atoms with van der Waals surface area (Å²) in [6.45, 7) is 0. The topological polar surface area (TPSA) is 155 Å². The van der Waals surface area contributed by atoms with Crippen LogP contribution < -0.4 is 16.4 Å². The Balaban J connectivity index is 1.52. The van der Waals surface area contributed by atoms with Gasteiger partial charge in [-0.1, -0.05) is 24.4 Å². The van der Waals surface area contributed by atoms with Crippen LogP contribution in [0.25, 0.3) is 11.2 Å². The molecule has 2 saturated carbocycles. The maximum absolute atomic E-state index is 14.9. The third kappa shape index (κ3) is 5.51. The number of hydrogen-bond donors (Lipinski definition) is 4. The lowest BCUT2D eigenvalue weighted by atomic mass is 9.85. The van der Waals surface area contributed by atoms with Gasteiger partial charge in [-0.15, -0.1) is 0 Å². The lowest BCUT2D eigenvalue weighted by Crippen LogP contribution is -2.29. The summed E-state index contributed by atoms with van der Waals surface area (Å²) in [6.07, 6.45) is 8.19. The Morgan fingerprint density at radius 2 is 1.95 bits per heavy atom. The first-order chi connectivity index (χ1) is 18.3. The number of nitrogens with two attached hydrogens (primary N) is 1. The minimum Gasteiger partial charge on any atom is -0.393 e. The fourth-order valence-corrected chi connectivity index (χ4v) is 5.79. The van der Waals surface area contributed by atoms with Crippen LogP contribution in [0.4, 0.5) is 22.0 Å². The highest BCUT2D eigenvalue weighted by molar-refractivity contribution is 6.33. The highest BCUT2D eigenvalue weighted by atomic mass is 35.5. The molecular weight excluding hydrogens is 511 g/mol. The van der Waals surface area contributed by atoms with Gasteiger partial charge in [0, 0.05) is 18.0 Å². The van der Waals surface area contributed by atoms with Crippen LogP contribution in [-0.2, 0) is 4.79 Å². The van der Waals surface area contributed by atoms with Crippen molar-refractivity contribution in [2.75, 3.05) is 10.6 Å². The summed E-state index contributed by atoms with van der Waals surface area (Å²) in [6, 6.07) is 4.38. The van der Waals surface area contributed by atoms with Crippen molar-refractivity contribution in [3.63, 3.8) is 0 Å². The lowest BCUT2D eigenvalue weighted by Gasteiger charge is -2.29. The zero-order valence-corrected chi connectivity index (χ0v) is 21.6. The van der Waals surface area contributed by atoms with Gasteiger partial charge in [-0.05, 0) is 57.1 Å². The number of aliphatic hydroxyl groups is 1. The monoisotopic (exact) mass is 540 g/mol. The summed E-state index contributed by atoms with van der Waals surface area (Å²) in [7, 11) is 0. The number of aliphatic hydroxyl groups excluding tert-OH is 1. The van der Waals surface area contributed by atoms with Crippen LogP contribution in [0.5, 0.6) is 0 Å². The van der Waals surface area contributed by atoms with Crippen LogP contribution in [0.1, 0.15) is 69.4 Å². The average Bonchev–Trinajstić information content (AvgIpc) is 3.12. The normalized spacial score (nSPS) is 23.9. The number of anilines is 3. The zero-order chi connectivity index (χ0) is 26.8. The molecule has 38 heavy (non-hydrogen) atoms. The van der Waals surface area contributed by atoms with E-state index in [1.54, 1.807) is 6.20 Å². The first-order valence-electron chi connectivity index (χ1n) is 13.0. The number of benzene rings is 1. The van der Waals surface area contributed by atoms with E-state index in [0.717, 1.165) is 31.7 Å². The van der Waals surface area contributed by atoms with Gasteiger partial charge in [-0.3, -0.25) is 9.36 Å². The van der Waals surface area contributed by atoms with Gasteiger partial charge in [0.1, 0.15) is 11.3 Å². The van der Waals surface area contributed by atoms with Crippen LogP contribution in [0.3, 0.4) is 0 Å². The fraction of sp³-hybridized carbons (Fsp3) is 0.500. The third-order valence-corrected chi connectivity index (χ3v) is 7.83. The quantitative estimate of drug-likeness (QED) is 0.332. The smallest absolute Gasteiger partial charge is 0.224 e. The predicted octanol–water partition coefficient (Wildman–Crippen LogP) is 4.56. The standard InChI is InChI=1S/C26H30ClFN8O2/c27-19-9-14(12-29)10-20(28)22(19)34-26-33-21-13-31-25(32-16-3-1-2-4-18(37)11-16)35-24(21)36(26)17-7-5-15(6-8-17)23(30)38/h9-10,13,15-18,37H,1-8,11H2,(H2,30,38)(H,33,34)(H,31,32,35)/t15-,16-,17-,18-/m0/s1. The van der Waals surface area contributed by atoms with Crippen molar-refractivity contribution in [1.82, 2.24) is 19.5 Å². The van der Waals surface area contributed by atoms with Gasteiger partial charge in [0.2, 0.25) is 17.8 Å². The molecule has 2 atom stereocenters. The molecule has 0 bridgehead atoms. The maximum Gasteiger partial charge on any atom is 0.224 e. The number of fused-ring (bicyclic) bond motifs is 1. The highest BCUT2D eigenvalue weighted by Crippen LogP contribution is 2.38. The Labute approximate surface area is 224 Å². The van der Waals surface area contributed by atoms with E-state index in [2.05, 4.69) is 20.6 Å². The molecule has 10 nitrogen and oxygen atoms in total. The zero-order valence-electron chi connectivity index (χ0n) is 20.8. The van der Waals surface area contributed by atoms with Gasteiger partial charge in [0.05, 0.1) is 34.6 Å². The van der Waals surface area contributed by atoms with E-state index >= 15 is 0 Å². The molecule has 2 aliphatic carbocycles. The van der Waals surface area contributed by atoms with Crippen molar-refractivity contribution in [2.24, 2.45) is 11.7 Å². The largest absolute Gasteiger partial charge is 0.393 e. The summed E-state index contributed by atoms with van der Waals surface area (Å²) in [5.41, 5.74) is 6.74. The molecule has 1 aromatic carbocycles. The van der Waals surface area contributed by atoms with E-state index in [4.69, 9.17) is 27.6 Å². The summed E-state index contributed by atoms with van der Waals surface area (Å²) >= 11 is 6.31. The molecule has 2 aliphatic rings. The fourth-order valence-electron chi connectivity index (χ4n) is 5.53. The Bertz CT molecular complexity index is 1360. The van der Waals surface area contributed by atoms with E-state index in [0.29, 0.717) is 55.2 Å². The van der Waals surface area contributed by atoms with E-state index < -0.39 is 5.82 Å². The van der Waals surface area contributed by atoms with Crippen molar-refractivity contribution in [3.05, 3.63) is 34.7 Å². The van der Waals surface area contributed by atoms with Crippen LogP contribution in [0, 0.1) is 23.1 Å². The first-order valence-corrected chi connectivity index (χ1v) is 13.3. The Hall–Kier alpha value is -3.49. The molecule has 5 rings (SSSR count). The molecule has 0 aliphatic heterocycles. The highest BCUT2D eigenvalue weighted by Gasteiger charge is 2.30. The van der Waals surface area contributed by atoms with Gasteiger partial charge in [-0.2, -0.15) is 10.2 Å². The molecule has 2 aromatic heterocycles. The second kappa shape index (κ2) is 11.1. The maximum atomic E-state index is 14.9. The Kier molecular flexibility index (Phi) is 7.63. The number of rotatable bonds is 6. The number of hydrogen-bond acceptors (Lipinski definition) is 8. The average molecular weight is 541 g/mol. The van der Waals surface area contributed by atoms with Crippen LogP contribution in [0.2, 0.25) is 5.02 Å². The number of nitrogens with one attached hydrogen (secondary N) is 2. The van der Waals surface area contributed by atoms with Crippen molar-refractivity contribution >= 4 is 46.3 Å². The number of carbonyl (C=O) groups is 1. The SMILES string of the molecule is N#Cc1cc(F)c(Nc2nc3cnc(N[C@H]4CCCC[C@H](O)C4)nc3n2[C@H]2CC[C@H](C(N)=O)CC2)c(Cl)c1. The molecule has 200 valence electrons. The number of amides is 1. The van der Waals surface area contributed by atoms with Gasteiger partial charge < -0.3 is 21.5 Å². The molecule has 1 amide bonds. The van der Waals surface area contributed by atoms with Gasteiger partial charge in [-0.25, -0.2) is 14.4 Å². The van der Waals surface area contributed by atoms with Crippen molar-refractivity contribution in [3.8, 4) is 6.07 Å². The summed E-state index contributed by atoms with van der Waals surface area (Å²) in [5, 5.41) is 25.8. The number of primary amides is 1. The predicted molar refractivity (Wildman–Crippen MR) is 141 cm³/mol. The van der Waals surface area contributed by atoms with Gasteiger partial charge in [0.25, 0.3) is 0 Å². The second-order valence-corrected chi connectivity index (χ2v) is 10.6. The van der Waals surface area contributed by atoms with Crippen molar-refractivity contribution in [2.45, 2.75) is 76.0 Å². The molecule has 2 fully saturated rings. The molecule has 0 spiro atoms. The number of carbonyl (C=O) groups excluding carboxylic acids is 1. The minimum absolute atomic E-state index is 0.00629. The van der Waals surface area contributed by atoms with Gasteiger partial charge >= 0.3 is 0 Å². The third-order valence-electron chi connectivity index (χ3n) is 7.53. The van der Waals surface area contributed by atoms with Crippen molar-refractivity contribution in [1.29, 1.82) is 5.26 Å². The van der Waals surface area contributed by atoms with Crippen LogP contribution in [-0.4, -0.2) is 42.7 Å². The molecule has 3 aromatic rings. The van der Waals surface area contributed by atoms with E-state index in [-0.39, 0.29) is 46.3 Å². The molecule has 12 heteroatoms. The summed E-state index contributed by atoms with van der Waals surface area (Å²) < 4.78 is 16.8. The Morgan fingerprint density at radius 3 is 2.66 bits per heavy atom. The molecule has 5 N–H and O–H groups in total. The van der Waals surface area contributed by atoms with Gasteiger partial charge in [0.15, 0.2) is 5.65 Å². The van der Waals surface area contributed by atoms with Crippen LogP contribution >= 0.6 is 11.6 Å². The number of nitriles is 1. The van der Waals surface area contributed by atoms with E-state index in [1.807, 2.05) is 10.6 Å². The molecule has 2 heterocycles. The lowest BCUT2D eigenvalue weighted by molar-refractivity contribution is -0.122. The van der Waals surface area contributed by atoms with Crippen molar-refractivity contribution < 1.29 is 14.3 Å². The molecule has 0 unspecified atom stereocenters. The minimum atomic E-state index is -0.676. The molecule has 0 saturated heterocycles. The second-order valence-electron chi connectivity index (χ2n) is 10.2. The molecule has 0 radical (unpaired) electrons. The van der Waals surface area contributed by atoms with E-state index in [1.165, 1.54) is 6.07 Å². The summed E-state index contributed by atoms with van der Waals surface area (Å²) in [4.78, 5) is 25.6. The first kappa shape index (κ1) is 26.1. The Morgan fingerprint density at radius 1 is 1.18 bits per heavy atom. The molecular formula is C26H30ClFN8O2. The number of halogens is 2. The van der Waals surface area contributed by atoms with E-state index in [9.17, 15) is 14.3 Å². The van der Waals surface area contributed by atoms with Crippen LogP contribution in [0.15, 0.2) is 18.3 Å².